The Balaban J connectivity index is 1.32. The molecule has 0 radical (unpaired) electrons. The molecule has 1 aliphatic heterocycles. The number of amides is 1. The van der Waals surface area contributed by atoms with E-state index in [0.717, 1.165) is 83.8 Å². The molecule has 40 heavy (non-hydrogen) atoms. The lowest BCUT2D eigenvalue weighted by atomic mass is 9.94. The largest absolute Gasteiger partial charge is 0.369 e. The summed E-state index contributed by atoms with van der Waals surface area (Å²) in [5.41, 5.74) is 7.70. The van der Waals surface area contributed by atoms with Gasteiger partial charge < -0.3 is 15.1 Å². The molecule has 1 saturated carbocycles. The minimum absolute atomic E-state index is 0.0115. The minimum Gasteiger partial charge on any atom is -0.369 e. The normalized spacial score (nSPS) is 18.6. The highest BCUT2D eigenvalue weighted by Crippen LogP contribution is 2.48. The number of hydrogen-bond acceptors (Lipinski definition) is 5. The fourth-order valence-electron chi connectivity index (χ4n) is 5.71. The lowest BCUT2D eigenvalue weighted by Crippen LogP contribution is -2.50. The van der Waals surface area contributed by atoms with Crippen molar-refractivity contribution in [3.05, 3.63) is 77.7 Å². The van der Waals surface area contributed by atoms with Gasteiger partial charge in [-0.25, -0.2) is 0 Å². The summed E-state index contributed by atoms with van der Waals surface area (Å²) in [5.74, 6) is -0.0115. The van der Waals surface area contributed by atoms with Crippen molar-refractivity contribution in [3.63, 3.8) is 0 Å². The fourth-order valence-corrected chi connectivity index (χ4v) is 5.71. The second-order valence-electron chi connectivity index (χ2n) is 11.6. The third kappa shape index (κ3) is 5.04. The van der Waals surface area contributed by atoms with E-state index in [0.29, 0.717) is 6.04 Å². The zero-order valence-electron chi connectivity index (χ0n) is 24.2. The third-order valence-electron chi connectivity index (χ3n) is 8.68. The summed E-state index contributed by atoms with van der Waals surface area (Å²) >= 11 is 0. The quantitative estimate of drug-likeness (QED) is 0.365. The highest BCUT2D eigenvalue weighted by molar-refractivity contribution is 5.97. The van der Waals surface area contributed by atoms with E-state index in [-0.39, 0.29) is 11.4 Å². The van der Waals surface area contributed by atoms with Gasteiger partial charge in [-0.3, -0.25) is 14.2 Å². The maximum Gasteiger partial charge on any atom is 0.252 e. The monoisotopic (exact) mass is 537 g/mol. The number of hydrogen-bond donors (Lipinski definition) is 1. The second-order valence-corrected chi connectivity index (χ2v) is 11.6. The molecule has 2 aromatic heterocycles. The summed E-state index contributed by atoms with van der Waals surface area (Å²) < 4.78 is 3.76. The fraction of sp³-hybridized carbons (Fsp3) is 0.406. The van der Waals surface area contributed by atoms with Gasteiger partial charge in [-0.05, 0) is 93.7 Å². The number of rotatable bonds is 7. The Kier molecular flexibility index (Phi) is 6.74. The molecule has 2 aliphatic rings. The van der Waals surface area contributed by atoms with E-state index in [1.54, 1.807) is 0 Å². The van der Waals surface area contributed by atoms with Crippen LogP contribution in [0, 0.1) is 6.92 Å². The number of carbonyl (C=O) groups is 1. The first-order valence-electron chi connectivity index (χ1n) is 14.3. The van der Waals surface area contributed by atoms with E-state index in [1.807, 2.05) is 41.9 Å². The van der Waals surface area contributed by atoms with E-state index in [4.69, 9.17) is 5.10 Å². The zero-order chi connectivity index (χ0) is 28.0. The first-order valence-corrected chi connectivity index (χ1v) is 14.3. The number of piperazine rings is 1. The Labute approximate surface area is 236 Å². The predicted octanol–water partition coefficient (Wildman–Crippen LogP) is 4.84. The Morgan fingerprint density at radius 2 is 1.85 bits per heavy atom. The van der Waals surface area contributed by atoms with Crippen LogP contribution in [-0.2, 0) is 19.1 Å². The number of carbonyl (C=O) groups excluding carboxylic acids is 1. The van der Waals surface area contributed by atoms with E-state index in [1.165, 1.54) is 0 Å². The highest BCUT2D eigenvalue weighted by Gasteiger charge is 2.46. The van der Waals surface area contributed by atoms with Crippen LogP contribution in [0.1, 0.15) is 48.2 Å². The van der Waals surface area contributed by atoms with E-state index in [9.17, 15) is 4.79 Å². The van der Waals surface area contributed by atoms with Crippen LogP contribution in [0.2, 0.25) is 0 Å². The summed E-state index contributed by atoms with van der Waals surface area (Å²) in [6.07, 6.45) is 7.75. The van der Waals surface area contributed by atoms with E-state index < -0.39 is 0 Å². The molecule has 1 atom stereocenters. The lowest BCUT2D eigenvalue weighted by molar-refractivity contribution is 0.0930. The molecule has 8 nitrogen and oxygen atoms in total. The van der Waals surface area contributed by atoms with Crippen LogP contribution in [0.4, 0.5) is 5.69 Å². The maximum absolute atomic E-state index is 13.8. The molecular weight excluding hydrogens is 498 g/mol. The van der Waals surface area contributed by atoms with Gasteiger partial charge in [0.2, 0.25) is 0 Å². The topological polar surface area (TPSA) is 71.2 Å². The molecule has 2 aromatic carbocycles. The van der Waals surface area contributed by atoms with Gasteiger partial charge in [-0.1, -0.05) is 6.07 Å². The Morgan fingerprint density at radius 1 is 1.05 bits per heavy atom. The third-order valence-corrected chi connectivity index (χ3v) is 8.68. The van der Waals surface area contributed by atoms with Gasteiger partial charge in [-0.2, -0.15) is 10.2 Å². The van der Waals surface area contributed by atoms with Gasteiger partial charge in [0.1, 0.15) is 0 Å². The number of benzene rings is 2. The second kappa shape index (κ2) is 10.2. The first-order chi connectivity index (χ1) is 19.2. The van der Waals surface area contributed by atoms with Crippen molar-refractivity contribution in [2.75, 3.05) is 31.6 Å². The van der Waals surface area contributed by atoms with Gasteiger partial charge >= 0.3 is 0 Å². The molecule has 1 aliphatic carbocycles. The van der Waals surface area contributed by atoms with Crippen molar-refractivity contribution in [1.29, 1.82) is 0 Å². The van der Waals surface area contributed by atoms with Crippen LogP contribution >= 0.6 is 0 Å². The minimum atomic E-state index is -0.387. The molecule has 0 bridgehead atoms. The van der Waals surface area contributed by atoms with Crippen molar-refractivity contribution in [3.8, 4) is 22.4 Å². The highest BCUT2D eigenvalue weighted by atomic mass is 16.1. The van der Waals surface area contributed by atoms with Crippen LogP contribution < -0.4 is 10.2 Å². The van der Waals surface area contributed by atoms with E-state index in [2.05, 4.69) is 83.6 Å². The molecule has 1 amide bonds. The van der Waals surface area contributed by atoms with Gasteiger partial charge in [0.15, 0.2) is 0 Å². The molecule has 208 valence electrons. The summed E-state index contributed by atoms with van der Waals surface area (Å²) in [6, 6.07) is 15.4. The number of nitrogens with one attached hydrogen (secondary N) is 1. The SMILES string of the molecule is CCn1ccc(-c2cc(-c3cnn(C)c3)cc(C3(NC(=O)c4cc(N5CCN(C)[C@@H](C)C5)ccc4C)CC3)c2)n1. The molecule has 4 aromatic rings. The molecule has 6 rings (SSSR count). The van der Waals surface area contributed by atoms with Gasteiger partial charge in [0.25, 0.3) is 5.91 Å². The van der Waals surface area contributed by atoms with Gasteiger partial charge in [0, 0.05) is 74.0 Å². The molecule has 3 heterocycles. The average Bonchev–Trinajstić information content (AvgIpc) is 3.35. The van der Waals surface area contributed by atoms with Crippen molar-refractivity contribution < 1.29 is 4.79 Å². The van der Waals surface area contributed by atoms with Crippen LogP contribution in [0.3, 0.4) is 0 Å². The van der Waals surface area contributed by atoms with E-state index >= 15 is 0 Å². The molecule has 1 N–H and O–H groups in total. The number of likely N-dealkylation sites (N-methyl/N-ethyl adjacent to an activating group) is 1. The summed E-state index contributed by atoms with van der Waals surface area (Å²) in [7, 11) is 4.11. The predicted molar refractivity (Wildman–Crippen MR) is 159 cm³/mol. The molecule has 0 spiro atoms. The van der Waals surface area contributed by atoms with Crippen LogP contribution in [0.15, 0.2) is 61.1 Å². The maximum atomic E-state index is 13.8. The Bertz CT molecular complexity index is 1550. The molecular formula is C32H39N7O. The molecule has 2 fully saturated rings. The smallest absolute Gasteiger partial charge is 0.252 e. The van der Waals surface area contributed by atoms with Crippen molar-refractivity contribution >= 4 is 11.6 Å². The lowest BCUT2D eigenvalue weighted by Gasteiger charge is -2.39. The van der Waals surface area contributed by atoms with Crippen molar-refractivity contribution in [1.82, 2.24) is 29.8 Å². The molecule has 8 heteroatoms. The molecule has 0 unspecified atom stereocenters. The number of aryl methyl sites for hydroxylation is 3. The van der Waals surface area contributed by atoms with Crippen molar-refractivity contribution in [2.24, 2.45) is 7.05 Å². The average molecular weight is 538 g/mol. The zero-order valence-corrected chi connectivity index (χ0v) is 24.2. The summed E-state index contributed by atoms with van der Waals surface area (Å²) in [6.45, 7) is 10.1. The number of aromatic nitrogens is 4. The standard InChI is InChI=1S/C32H39N7O/c1-6-39-12-9-30(35-39)25-15-24(26-19-33-37(5)21-26)16-27(17-25)32(10-11-32)34-31(40)29-18-28(8-7-22(29)2)38-14-13-36(4)23(3)20-38/h7-9,12,15-19,21,23H,6,10-11,13-14,20H2,1-5H3,(H,34,40)/t23-/m0/s1. The summed E-state index contributed by atoms with van der Waals surface area (Å²) in [4.78, 5) is 18.6. The first kappa shape index (κ1) is 26.3. The van der Waals surface area contributed by atoms with Crippen LogP contribution in [0.5, 0.6) is 0 Å². The van der Waals surface area contributed by atoms with Gasteiger partial charge in [0.05, 0.1) is 17.4 Å². The number of nitrogens with zero attached hydrogens (tertiary/aromatic N) is 6. The van der Waals surface area contributed by atoms with Gasteiger partial charge in [-0.15, -0.1) is 0 Å². The van der Waals surface area contributed by atoms with Crippen molar-refractivity contribution in [2.45, 2.75) is 51.7 Å². The van der Waals surface area contributed by atoms with Crippen LogP contribution in [0.25, 0.3) is 22.4 Å². The Morgan fingerprint density at radius 3 is 2.52 bits per heavy atom. The summed E-state index contributed by atoms with van der Waals surface area (Å²) in [5, 5.41) is 12.6. The number of anilines is 1. The van der Waals surface area contributed by atoms with Crippen LogP contribution in [-0.4, -0.2) is 63.1 Å². The molecule has 1 saturated heterocycles. The Hall–Kier alpha value is -3.91.